The quantitative estimate of drug-likeness (QED) is 0.773. The van der Waals surface area contributed by atoms with Crippen LogP contribution in [0.4, 0.5) is 5.69 Å². The van der Waals surface area contributed by atoms with Crippen molar-refractivity contribution in [2.24, 2.45) is 0 Å². The molecule has 0 saturated carbocycles. The minimum Gasteiger partial charge on any atom is -0.324 e. The van der Waals surface area contributed by atoms with Crippen LogP contribution in [0.25, 0.3) is 11.0 Å². The maximum Gasteiger partial charge on any atom is 0.228 e. The molecule has 3 aromatic rings. The summed E-state index contributed by atoms with van der Waals surface area (Å²) in [7, 11) is 0. The Labute approximate surface area is 153 Å². The van der Waals surface area contributed by atoms with E-state index in [1.807, 2.05) is 10.7 Å². The van der Waals surface area contributed by atoms with Gasteiger partial charge in [0.25, 0.3) is 0 Å². The Kier molecular flexibility index (Phi) is 4.45. The number of rotatable bonds is 4. The lowest BCUT2D eigenvalue weighted by Crippen LogP contribution is -2.15. The van der Waals surface area contributed by atoms with Gasteiger partial charge < -0.3 is 5.32 Å². The Bertz CT molecular complexity index is 958. The summed E-state index contributed by atoms with van der Waals surface area (Å²) in [4.78, 5) is 16.9. The van der Waals surface area contributed by atoms with Gasteiger partial charge >= 0.3 is 0 Å². The van der Waals surface area contributed by atoms with E-state index in [4.69, 9.17) is 0 Å². The van der Waals surface area contributed by atoms with Crippen LogP contribution in [0, 0.1) is 0 Å². The molecule has 0 spiro atoms. The second kappa shape index (κ2) is 6.90. The zero-order valence-electron chi connectivity index (χ0n) is 15.3. The maximum atomic E-state index is 12.4. The van der Waals surface area contributed by atoms with Crippen LogP contribution in [0.1, 0.15) is 49.4 Å². The minimum atomic E-state index is -0.0156. The van der Waals surface area contributed by atoms with Crippen molar-refractivity contribution in [3.05, 3.63) is 53.3 Å². The first-order chi connectivity index (χ1) is 12.6. The van der Waals surface area contributed by atoms with Crippen LogP contribution in [-0.2, 0) is 24.1 Å². The predicted molar refractivity (Wildman–Crippen MR) is 103 cm³/mol. The summed E-state index contributed by atoms with van der Waals surface area (Å²) in [5.74, 6) is -0.0156. The SMILES string of the molecule is CC(C)n1ncc2cc(NC(=O)Cc3ccc4c(c3)CCCC4)cnc21. The lowest BCUT2D eigenvalue weighted by Gasteiger charge is -2.16. The van der Waals surface area contributed by atoms with E-state index < -0.39 is 0 Å². The number of nitrogens with one attached hydrogen (secondary N) is 1. The van der Waals surface area contributed by atoms with Crippen LogP contribution < -0.4 is 5.32 Å². The third kappa shape index (κ3) is 3.34. The molecule has 1 aliphatic carbocycles. The average molecular weight is 348 g/mol. The van der Waals surface area contributed by atoms with Gasteiger partial charge in [-0.1, -0.05) is 18.2 Å². The fourth-order valence-electron chi connectivity index (χ4n) is 3.67. The zero-order chi connectivity index (χ0) is 18.1. The third-order valence-electron chi connectivity index (χ3n) is 4.98. The van der Waals surface area contributed by atoms with Gasteiger partial charge in [-0.15, -0.1) is 0 Å². The number of benzene rings is 1. The largest absolute Gasteiger partial charge is 0.324 e. The van der Waals surface area contributed by atoms with E-state index in [-0.39, 0.29) is 11.9 Å². The van der Waals surface area contributed by atoms with Gasteiger partial charge in [-0.05, 0) is 62.3 Å². The first-order valence-electron chi connectivity index (χ1n) is 9.34. The highest BCUT2D eigenvalue weighted by molar-refractivity contribution is 5.93. The van der Waals surface area contributed by atoms with Gasteiger partial charge in [0, 0.05) is 11.4 Å². The van der Waals surface area contributed by atoms with Gasteiger partial charge in [0.05, 0.1) is 24.5 Å². The monoisotopic (exact) mass is 348 g/mol. The number of aryl methyl sites for hydroxylation is 2. The van der Waals surface area contributed by atoms with E-state index in [2.05, 4.69) is 47.4 Å². The lowest BCUT2D eigenvalue weighted by atomic mass is 9.90. The maximum absolute atomic E-state index is 12.4. The molecule has 2 aromatic heterocycles. The zero-order valence-corrected chi connectivity index (χ0v) is 15.3. The number of nitrogens with zero attached hydrogens (tertiary/aromatic N) is 3. The van der Waals surface area contributed by atoms with Crippen LogP contribution >= 0.6 is 0 Å². The van der Waals surface area contributed by atoms with Crippen molar-refractivity contribution in [3.63, 3.8) is 0 Å². The Morgan fingerprint density at radius 2 is 1.96 bits per heavy atom. The van der Waals surface area contributed by atoms with Gasteiger partial charge in [0.2, 0.25) is 5.91 Å². The summed E-state index contributed by atoms with van der Waals surface area (Å²) < 4.78 is 1.88. The fourth-order valence-corrected chi connectivity index (χ4v) is 3.67. The highest BCUT2D eigenvalue weighted by Gasteiger charge is 2.12. The summed E-state index contributed by atoms with van der Waals surface area (Å²) >= 11 is 0. The molecule has 0 saturated heterocycles. The molecule has 0 unspecified atom stereocenters. The number of amides is 1. The van der Waals surface area contributed by atoms with Crippen LogP contribution in [-0.4, -0.2) is 20.7 Å². The summed E-state index contributed by atoms with van der Waals surface area (Å²) in [5.41, 5.74) is 5.48. The molecular formula is C21H24N4O. The Hall–Kier alpha value is -2.69. The molecule has 2 heterocycles. The number of hydrogen-bond acceptors (Lipinski definition) is 3. The molecule has 0 bridgehead atoms. The molecule has 1 aromatic carbocycles. The van der Waals surface area contributed by atoms with Gasteiger partial charge in [0.15, 0.2) is 5.65 Å². The normalized spacial score (nSPS) is 13.8. The van der Waals surface area contributed by atoms with E-state index in [0.717, 1.165) is 29.4 Å². The highest BCUT2D eigenvalue weighted by Crippen LogP contribution is 2.23. The van der Waals surface area contributed by atoms with Crippen molar-refractivity contribution in [2.75, 3.05) is 5.32 Å². The van der Waals surface area contributed by atoms with E-state index in [1.165, 1.54) is 24.0 Å². The number of carbonyl (C=O) groups excluding carboxylic acids is 1. The van der Waals surface area contributed by atoms with Gasteiger partial charge in [-0.2, -0.15) is 5.10 Å². The Morgan fingerprint density at radius 1 is 1.15 bits per heavy atom. The molecule has 5 nitrogen and oxygen atoms in total. The summed E-state index contributed by atoms with van der Waals surface area (Å²) in [6, 6.07) is 8.65. The number of carbonyl (C=O) groups is 1. The molecule has 0 aliphatic heterocycles. The predicted octanol–water partition coefficient (Wildman–Crippen LogP) is 4.07. The third-order valence-corrected chi connectivity index (χ3v) is 4.98. The standard InChI is InChI=1S/C21H24N4O/c1-14(2)25-21-18(12-23-25)11-19(13-22-21)24-20(26)10-15-7-8-16-5-3-4-6-17(16)9-15/h7-9,11-14H,3-6,10H2,1-2H3,(H,24,26). The molecular weight excluding hydrogens is 324 g/mol. The van der Waals surface area contributed by atoms with E-state index in [0.29, 0.717) is 12.1 Å². The summed E-state index contributed by atoms with van der Waals surface area (Å²) in [6.45, 7) is 4.14. The van der Waals surface area contributed by atoms with Crippen molar-refractivity contribution in [3.8, 4) is 0 Å². The lowest BCUT2D eigenvalue weighted by molar-refractivity contribution is -0.115. The van der Waals surface area contributed by atoms with Crippen molar-refractivity contribution in [1.82, 2.24) is 14.8 Å². The number of hydrogen-bond donors (Lipinski definition) is 1. The molecule has 0 fully saturated rings. The molecule has 0 atom stereocenters. The van der Waals surface area contributed by atoms with Gasteiger partial charge in [-0.25, -0.2) is 9.67 Å². The van der Waals surface area contributed by atoms with Crippen molar-refractivity contribution in [1.29, 1.82) is 0 Å². The van der Waals surface area contributed by atoms with Crippen molar-refractivity contribution < 1.29 is 4.79 Å². The molecule has 1 N–H and O–H groups in total. The number of anilines is 1. The van der Waals surface area contributed by atoms with Crippen molar-refractivity contribution >= 4 is 22.6 Å². The first kappa shape index (κ1) is 16.8. The Morgan fingerprint density at radius 3 is 2.77 bits per heavy atom. The van der Waals surface area contributed by atoms with Gasteiger partial charge in [-0.3, -0.25) is 4.79 Å². The molecule has 1 amide bonds. The van der Waals surface area contributed by atoms with E-state index in [9.17, 15) is 4.79 Å². The topological polar surface area (TPSA) is 59.8 Å². The number of fused-ring (bicyclic) bond motifs is 2. The molecule has 0 radical (unpaired) electrons. The average Bonchev–Trinajstić information content (AvgIpc) is 3.05. The van der Waals surface area contributed by atoms with Crippen LogP contribution in [0.15, 0.2) is 36.7 Å². The molecule has 5 heteroatoms. The molecule has 1 aliphatic rings. The first-order valence-corrected chi connectivity index (χ1v) is 9.34. The van der Waals surface area contributed by atoms with E-state index in [1.54, 1.807) is 12.4 Å². The smallest absolute Gasteiger partial charge is 0.228 e. The van der Waals surface area contributed by atoms with Gasteiger partial charge in [0.1, 0.15) is 0 Å². The second-order valence-corrected chi connectivity index (χ2v) is 7.35. The van der Waals surface area contributed by atoms with Crippen LogP contribution in [0.3, 0.4) is 0 Å². The summed E-state index contributed by atoms with van der Waals surface area (Å²) in [5, 5.41) is 8.26. The minimum absolute atomic E-state index is 0.0156. The summed E-state index contributed by atoms with van der Waals surface area (Å²) in [6.07, 6.45) is 8.70. The molecule has 4 rings (SSSR count). The van der Waals surface area contributed by atoms with Crippen LogP contribution in [0.5, 0.6) is 0 Å². The Balaban J connectivity index is 1.47. The number of pyridine rings is 1. The van der Waals surface area contributed by atoms with Crippen LogP contribution in [0.2, 0.25) is 0 Å². The van der Waals surface area contributed by atoms with Crippen molar-refractivity contribution in [2.45, 2.75) is 52.0 Å². The van der Waals surface area contributed by atoms with E-state index >= 15 is 0 Å². The number of aromatic nitrogens is 3. The highest BCUT2D eigenvalue weighted by atomic mass is 16.1. The molecule has 134 valence electrons. The second-order valence-electron chi connectivity index (χ2n) is 7.35. The fraction of sp³-hybridized carbons (Fsp3) is 0.381. The molecule has 26 heavy (non-hydrogen) atoms.